The van der Waals surface area contributed by atoms with Crippen LogP contribution in [-0.4, -0.2) is 36.9 Å². The van der Waals surface area contributed by atoms with Gasteiger partial charge in [0.25, 0.3) is 5.91 Å². The topological polar surface area (TPSA) is 105 Å². The molecule has 2 aromatic carbocycles. The lowest BCUT2D eigenvalue weighted by molar-refractivity contribution is 0.102. The van der Waals surface area contributed by atoms with Crippen LogP contribution < -0.4 is 16.0 Å². The number of nitrogens with one attached hydrogen (secondary N) is 3. The van der Waals surface area contributed by atoms with E-state index >= 15 is 0 Å². The molecular weight excluding hydrogens is 433 g/mol. The van der Waals surface area contributed by atoms with Gasteiger partial charge in [0.2, 0.25) is 0 Å². The Balaban J connectivity index is 1.90. The molecule has 32 heavy (non-hydrogen) atoms. The quantitative estimate of drug-likeness (QED) is 0.478. The van der Waals surface area contributed by atoms with Crippen LogP contribution in [0, 0.1) is 12.7 Å². The second-order valence-corrected chi connectivity index (χ2v) is 9.11. The first-order chi connectivity index (χ1) is 15.1. The molecule has 0 bridgehead atoms. The minimum Gasteiger partial charge on any atom is -0.372 e. The van der Waals surface area contributed by atoms with E-state index in [0.29, 0.717) is 23.7 Å². The summed E-state index contributed by atoms with van der Waals surface area (Å²) in [6.45, 7) is 8.46. The van der Waals surface area contributed by atoms with E-state index in [-0.39, 0.29) is 10.7 Å². The van der Waals surface area contributed by atoms with E-state index in [9.17, 15) is 17.6 Å². The Labute approximate surface area is 186 Å². The fourth-order valence-corrected chi connectivity index (χ4v) is 3.74. The molecule has 0 aliphatic heterocycles. The molecule has 1 aromatic heterocycles. The summed E-state index contributed by atoms with van der Waals surface area (Å²) in [7, 11) is -3.71. The summed E-state index contributed by atoms with van der Waals surface area (Å²) in [5.74, 6) is -0.439. The first-order valence-corrected chi connectivity index (χ1v) is 11.7. The van der Waals surface area contributed by atoms with E-state index in [1.807, 2.05) is 19.9 Å². The SMILES string of the molecule is C=C(NCC)Nc1cc(NC(=O)c2cc(S(C)(=O)=O)n(-c3ccc(F)cc3)n2)ccc1C. The molecule has 0 aliphatic rings. The average Bonchev–Trinajstić information content (AvgIpc) is 3.17. The third kappa shape index (κ3) is 5.33. The molecular formula is C22H24FN5O3S. The van der Waals surface area contributed by atoms with Gasteiger partial charge in [-0.25, -0.2) is 17.5 Å². The summed E-state index contributed by atoms with van der Waals surface area (Å²) >= 11 is 0. The van der Waals surface area contributed by atoms with Crippen LogP contribution in [-0.2, 0) is 9.84 Å². The minimum absolute atomic E-state index is 0.0955. The standard InChI is InChI=1S/C22H24FN5O3S/c1-5-24-15(3)25-19-12-17(9-6-14(19)2)26-22(29)20-13-21(32(4,30)31)28(27-20)18-10-7-16(23)8-11-18/h6-13,24-25H,3,5H2,1-2,4H3,(H,26,29). The van der Waals surface area contributed by atoms with Gasteiger partial charge in [-0.05, 0) is 55.8 Å². The highest BCUT2D eigenvalue weighted by atomic mass is 32.2. The maximum absolute atomic E-state index is 13.3. The Bertz CT molecular complexity index is 1270. The van der Waals surface area contributed by atoms with Crippen molar-refractivity contribution >= 4 is 27.1 Å². The summed E-state index contributed by atoms with van der Waals surface area (Å²) < 4.78 is 38.8. The van der Waals surface area contributed by atoms with Gasteiger partial charge < -0.3 is 16.0 Å². The Morgan fingerprint density at radius 2 is 1.81 bits per heavy atom. The predicted octanol–water partition coefficient (Wildman–Crippen LogP) is 3.47. The summed E-state index contributed by atoms with van der Waals surface area (Å²) in [5.41, 5.74) is 2.41. The number of aryl methyl sites for hydroxylation is 1. The second-order valence-electron chi connectivity index (χ2n) is 7.15. The molecule has 168 valence electrons. The van der Waals surface area contributed by atoms with Crippen molar-refractivity contribution in [3.05, 3.63) is 78.0 Å². The van der Waals surface area contributed by atoms with Crippen molar-refractivity contribution in [3.63, 3.8) is 0 Å². The first-order valence-electron chi connectivity index (χ1n) is 9.76. The van der Waals surface area contributed by atoms with Crippen molar-refractivity contribution in [3.8, 4) is 5.69 Å². The van der Waals surface area contributed by atoms with Crippen molar-refractivity contribution in [2.45, 2.75) is 18.9 Å². The highest BCUT2D eigenvalue weighted by Crippen LogP contribution is 2.23. The fourth-order valence-electron chi connectivity index (χ4n) is 2.96. The van der Waals surface area contributed by atoms with Gasteiger partial charge >= 0.3 is 0 Å². The highest BCUT2D eigenvalue weighted by molar-refractivity contribution is 7.90. The van der Waals surface area contributed by atoms with E-state index < -0.39 is 21.6 Å². The van der Waals surface area contributed by atoms with Crippen molar-refractivity contribution in [1.82, 2.24) is 15.1 Å². The number of hydrogen-bond acceptors (Lipinski definition) is 6. The van der Waals surface area contributed by atoms with Crippen molar-refractivity contribution in [1.29, 1.82) is 0 Å². The number of sulfone groups is 1. The summed E-state index contributed by atoms with van der Waals surface area (Å²) in [6, 6.07) is 11.6. The number of aromatic nitrogens is 2. The zero-order valence-corrected chi connectivity index (χ0v) is 18.8. The molecule has 3 rings (SSSR count). The molecule has 0 spiro atoms. The normalized spacial score (nSPS) is 11.1. The zero-order chi connectivity index (χ0) is 23.5. The Hall–Kier alpha value is -3.66. The molecule has 3 N–H and O–H groups in total. The third-order valence-corrected chi connectivity index (χ3v) is 5.58. The number of anilines is 2. The Morgan fingerprint density at radius 1 is 1.12 bits per heavy atom. The van der Waals surface area contributed by atoms with Crippen molar-refractivity contribution in [2.75, 3.05) is 23.4 Å². The molecule has 0 saturated heterocycles. The summed E-state index contributed by atoms with van der Waals surface area (Å²) in [5, 5.41) is 12.9. The Kier molecular flexibility index (Phi) is 6.64. The predicted molar refractivity (Wildman–Crippen MR) is 122 cm³/mol. The van der Waals surface area contributed by atoms with Crippen LogP contribution in [0.15, 0.2) is 66.0 Å². The van der Waals surface area contributed by atoms with Crippen molar-refractivity contribution < 1.29 is 17.6 Å². The van der Waals surface area contributed by atoms with Gasteiger partial charge in [-0.15, -0.1) is 0 Å². The van der Waals surface area contributed by atoms with Crippen LogP contribution in [0.4, 0.5) is 15.8 Å². The summed E-state index contributed by atoms with van der Waals surface area (Å²) in [4.78, 5) is 12.8. The highest BCUT2D eigenvalue weighted by Gasteiger charge is 2.22. The van der Waals surface area contributed by atoms with Crippen LogP contribution in [0.5, 0.6) is 0 Å². The monoisotopic (exact) mass is 457 g/mol. The molecule has 1 amide bonds. The van der Waals surface area contributed by atoms with Gasteiger partial charge in [0, 0.05) is 30.2 Å². The lowest BCUT2D eigenvalue weighted by Crippen LogP contribution is -2.18. The molecule has 0 radical (unpaired) electrons. The number of carbonyl (C=O) groups is 1. The van der Waals surface area contributed by atoms with Crippen LogP contribution in [0.2, 0.25) is 0 Å². The van der Waals surface area contributed by atoms with Gasteiger partial charge in [-0.2, -0.15) is 5.10 Å². The second kappa shape index (κ2) is 9.23. The van der Waals surface area contributed by atoms with Crippen LogP contribution in [0.25, 0.3) is 5.69 Å². The lowest BCUT2D eigenvalue weighted by atomic mass is 10.1. The first kappa shape index (κ1) is 23.0. The molecule has 0 saturated carbocycles. The van der Waals surface area contributed by atoms with Gasteiger partial charge in [-0.3, -0.25) is 4.79 Å². The summed E-state index contributed by atoms with van der Waals surface area (Å²) in [6.07, 6.45) is 1.01. The fraction of sp³-hybridized carbons (Fsp3) is 0.182. The Morgan fingerprint density at radius 3 is 2.44 bits per heavy atom. The molecule has 0 atom stereocenters. The molecule has 0 aliphatic carbocycles. The van der Waals surface area contributed by atoms with Gasteiger partial charge in [0.15, 0.2) is 20.6 Å². The maximum Gasteiger partial charge on any atom is 0.276 e. The van der Waals surface area contributed by atoms with Crippen LogP contribution in [0.1, 0.15) is 23.0 Å². The average molecular weight is 458 g/mol. The van der Waals surface area contributed by atoms with Crippen molar-refractivity contribution in [2.24, 2.45) is 0 Å². The largest absolute Gasteiger partial charge is 0.372 e. The maximum atomic E-state index is 13.3. The van der Waals surface area contributed by atoms with Crippen LogP contribution in [0.3, 0.4) is 0 Å². The van der Waals surface area contributed by atoms with Gasteiger partial charge in [0.05, 0.1) is 11.5 Å². The van der Waals surface area contributed by atoms with E-state index in [0.717, 1.165) is 22.2 Å². The molecule has 0 fully saturated rings. The number of halogens is 1. The molecule has 0 unspecified atom stereocenters. The minimum atomic E-state index is -3.71. The number of nitrogens with zero attached hydrogens (tertiary/aromatic N) is 2. The molecule has 1 heterocycles. The van der Waals surface area contributed by atoms with E-state index in [1.54, 1.807) is 12.1 Å². The number of carbonyl (C=O) groups excluding carboxylic acids is 1. The number of rotatable bonds is 8. The molecule has 10 heteroatoms. The zero-order valence-electron chi connectivity index (χ0n) is 17.9. The third-order valence-electron chi connectivity index (χ3n) is 4.53. The number of benzene rings is 2. The molecule has 8 nitrogen and oxygen atoms in total. The van der Waals surface area contributed by atoms with E-state index in [1.165, 1.54) is 30.3 Å². The smallest absolute Gasteiger partial charge is 0.276 e. The van der Waals surface area contributed by atoms with Gasteiger partial charge in [0.1, 0.15) is 5.82 Å². The van der Waals surface area contributed by atoms with Crippen LogP contribution >= 0.6 is 0 Å². The number of amides is 1. The van der Waals surface area contributed by atoms with E-state index in [2.05, 4.69) is 27.6 Å². The lowest BCUT2D eigenvalue weighted by Gasteiger charge is -2.14. The van der Waals surface area contributed by atoms with E-state index in [4.69, 9.17) is 0 Å². The van der Waals surface area contributed by atoms with Gasteiger partial charge in [-0.1, -0.05) is 12.6 Å². The molecule has 3 aromatic rings. The number of hydrogen-bond donors (Lipinski definition) is 3.